The number of hydrogen-bond donors (Lipinski definition) is 3. The molecule has 0 heterocycles. The number of carbonyl (C=O) groups excluding carboxylic acids is 1. The quantitative estimate of drug-likeness (QED) is 0.347. The maximum absolute atomic E-state index is 13.1. The molecule has 1 aliphatic rings. The standard InChI is InChI=1S/C14H17F2N3O2/c15-14(16)6-4-9(5-7-14)13(20)18-11-3-1-2-10(8-11)12(17)19-21/h1-3,8-9,21H,4-7H2,(H2,17,19)(H,18,20). The third-order valence-electron chi connectivity index (χ3n) is 3.62. The van der Waals surface area contributed by atoms with Crippen LogP contribution in [0.3, 0.4) is 0 Å². The van der Waals surface area contributed by atoms with Crippen LogP contribution in [0.1, 0.15) is 31.2 Å². The molecule has 1 amide bonds. The van der Waals surface area contributed by atoms with Gasteiger partial charge in [0, 0.05) is 30.0 Å². The summed E-state index contributed by atoms with van der Waals surface area (Å²) < 4.78 is 26.1. The van der Waals surface area contributed by atoms with Crippen molar-refractivity contribution in [1.82, 2.24) is 0 Å². The van der Waals surface area contributed by atoms with E-state index in [1.807, 2.05) is 0 Å². The van der Waals surface area contributed by atoms with Gasteiger partial charge in [-0.15, -0.1) is 0 Å². The number of rotatable bonds is 3. The average molecular weight is 297 g/mol. The van der Waals surface area contributed by atoms with Crippen LogP contribution in [0.25, 0.3) is 0 Å². The van der Waals surface area contributed by atoms with Crippen LogP contribution < -0.4 is 11.1 Å². The third-order valence-corrected chi connectivity index (χ3v) is 3.62. The van der Waals surface area contributed by atoms with Crippen molar-refractivity contribution in [3.63, 3.8) is 0 Å². The summed E-state index contributed by atoms with van der Waals surface area (Å²) >= 11 is 0. The number of halogens is 2. The van der Waals surface area contributed by atoms with E-state index in [2.05, 4.69) is 10.5 Å². The predicted molar refractivity (Wildman–Crippen MR) is 74.5 cm³/mol. The Bertz CT molecular complexity index is 551. The van der Waals surface area contributed by atoms with E-state index in [9.17, 15) is 13.6 Å². The van der Waals surface area contributed by atoms with Crippen LogP contribution in [0.5, 0.6) is 0 Å². The zero-order chi connectivity index (χ0) is 15.5. The molecule has 0 bridgehead atoms. The van der Waals surface area contributed by atoms with Gasteiger partial charge in [-0.25, -0.2) is 8.78 Å². The van der Waals surface area contributed by atoms with Crippen molar-refractivity contribution in [2.75, 3.05) is 5.32 Å². The smallest absolute Gasteiger partial charge is 0.248 e. The lowest BCUT2D eigenvalue weighted by Gasteiger charge is -2.27. The number of anilines is 1. The summed E-state index contributed by atoms with van der Waals surface area (Å²) in [5.41, 5.74) is 6.42. The Morgan fingerprint density at radius 2 is 2.05 bits per heavy atom. The van der Waals surface area contributed by atoms with Gasteiger partial charge in [0.2, 0.25) is 11.8 Å². The topological polar surface area (TPSA) is 87.7 Å². The van der Waals surface area contributed by atoms with E-state index in [-0.39, 0.29) is 37.4 Å². The van der Waals surface area contributed by atoms with Gasteiger partial charge in [0.25, 0.3) is 0 Å². The highest BCUT2D eigenvalue weighted by Gasteiger charge is 2.37. The molecule has 1 aromatic rings. The van der Waals surface area contributed by atoms with E-state index in [0.717, 1.165) is 0 Å². The minimum Gasteiger partial charge on any atom is -0.409 e. The number of nitrogens with zero attached hydrogens (tertiary/aromatic N) is 1. The number of amides is 1. The molecule has 0 atom stereocenters. The van der Waals surface area contributed by atoms with Gasteiger partial charge in [0.05, 0.1) is 0 Å². The Hall–Kier alpha value is -2.18. The first-order valence-electron chi connectivity index (χ1n) is 6.68. The van der Waals surface area contributed by atoms with Gasteiger partial charge in [-0.05, 0) is 25.0 Å². The number of hydrogen-bond acceptors (Lipinski definition) is 3. The lowest BCUT2D eigenvalue weighted by atomic mass is 9.86. The molecule has 0 aliphatic heterocycles. The van der Waals surface area contributed by atoms with Crippen LogP contribution >= 0.6 is 0 Å². The van der Waals surface area contributed by atoms with Gasteiger partial charge in [-0.3, -0.25) is 4.79 Å². The lowest BCUT2D eigenvalue weighted by molar-refractivity contribution is -0.124. The molecule has 1 fully saturated rings. The first kappa shape index (κ1) is 15.2. The molecule has 5 nitrogen and oxygen atoms in total. The molecule has 1 saturated carbocycles. The molecular weight excluding hydrogens is 280 g/mol. The Morgan fingerprint density at radius 1 is 1.38 bits per heavy atom. The van der Waals surface area contributed by atoms with E-state index >= 15 is 0 Å². The van der Waals surface area contributed by atoms with E-state index in [1.54, 1.807) is 24.3 Å². The highest BCUT2D eigenvalue weighted by Crippen LogP contribution is 2.36. The number of benzene rings is 1. The van der Waals surface area contributed by atoms with Crippen LogP contribution in [0.2, 0.25) is 0 Å². The van der Waals surface area contributed by atoms with Gasteiger partial charge in [-0.2, -0.15) is 0 Å². The molecule has 0 aromatic heterocycles. The molecule has 21 heavy (non-hydrogen) atoms. The monoisotopic (exact) mass is 297 g/mol. The minimum atomic E-state index is -2.65. The van der Waals surface area contributed by atoms with Crippen molar-refractivity contribution in [3.8, 4) is 0 Å². The molecule has 1 aromatic carbocycles. The Balaban J connectivity index is 2.00. The van der Waals surface area contributed by atoms with Crippen molar-refractivity contribution in [1.29, 1.82) is 0 Å². The molecule has 0 saturated heterocycles. The number of alkyl halides is 2. The molecular formula is C14H17F2N3O2. The first-order chi connectivity index (χ1) is 9.91. The number of nitrogens with one attached hydrogen (secondary N) is 1. The Morgan fingerprint density at radius 3 is 2.67 bits per heavy atom. The second kappa shape index (κ2) is 6.07. The maximum atomic E-state index is 13.1. The van der Waals surface area contributed by atoms with Gasteiger partial charge in [0.1, 0.15) is 0 Å². The fourth-order valence-electron chi connectivity index (χ4n) is 2.36. The van der Waals surface area contributed by atoms with E-state index in [1.165, 1.54) is 0 Å². The zero-order valence-electron chi connectivity index (χ0n) is 11.4. The van der Waals surface area contributed by atoms with Crippen LogP contribution in [0, 0.1) is 5.92 Å². The summed E-state index contributed by atoms with van der Waals surface area (Å²) in [5.74, 6) is -3.40. The molecule has 2 rings (SSSR count). The summed E-state index contributed by atoms with van der Waals surface area (Å²) in [4.78, 5) is 12.1. The highest BCUT2D eigenvalue weighted by molar-refractivity contribution is 5.99. The first-order valence-corrected chi connectivity index (χ1v) is 6.68. The average Bonchev–Trinajstić information content (AvgIpc) is 2.46. The van der Waals surface area contributed by atoms with Gasteiger partial charge in [-0.1, -0.05) is 17.3 Å². The van der Waals surface area contributed by atoms with Crippen molar-refractivity contribution in [3.05, 3.63) is 29.8 Å². The van der Waals surface area contributed by atoms with E-state index in [4.69, 9.17) is 10.9 Å². The predicted octanol–water partition coefficient (Wildman–Crippen LogP) is 2.55. The van der Waals surface area contributed by atoms with Crippen molar-refractivity contribution >= 4 is 17.4 Å². The minimum absolute atomic E-state index is 0.0663. The molecule has 0 spiro atoms. The van der Waals surface area contributed by atoms with Gasteiger partial charge in [0.15, 0.2) is 5.84 Å². The van der Waals surface area contributed by atoms with E-state index < -0.39 is 11.8 Å². The Kier molecular flexibility index (Phi) is 4.40. The summed E-state index contributed by atoms with van der Waals surface area (Å²) in [6.45, 7) is 0. The second-order valence-corrected chi connectivity index (χ2v) is 5.19. The summed E-state index contributed by atoms with van der Waals surface area (Å²) in [6, 6.07) is 6.50. The zero-order valence-corrected chi connectivity index (χ0v) is 11.4. The molecule has 114 valence electrons. The van der Waals surface area contributed by atoms with Crippen molar-refractivity contribution in [2.24, 2.45) is 16.8 Å². The van der Waals surface area contributed by atoms with Gasteiger partial charge < -0.3 is 16.3 Å². The summed E-state index contributed by atoms with van der Waals surface area (Å²) in [7, 11) is 0. The van der Waals surface area contributed by atoms with Gasteiger partial charge >= 0.3 is 0 Å². The van der Waals surface area contributed by atoms with Crippen molar-refractivity contribution < 1.29 is 18.8 Å². The van der Waals surface area contributed by atoms with E-state index in [0.29, 0.717) is 11.3 Å². The Labute approximate surface area is 120 Å². The van der Waals surface area contributed by atoms with Crippen LogP contribution in [0.15, 0.2) is 29.4 Å². The molecule has 0 radical (unpaired) electrons. The number of nitrogens with two attached hydrogens (primary N) is 1. The summed E-state index contributed by atoms with van der Waals surface area (Å²) in [5, 5.41) is 14.2. The molecule has 7 heteroatoms. The third kappa shape index (κ3) is 3.90. The summed E-state index contributed by atoms with van der Waals surface area (Å²) in [6.07, 6.45) is -0.151. The highest BCUT2D eigenvalue weighted by atomic mass is 19.3. The number of amidine groups is 1. The van der Waals surface area contributed by atoms with Crippen molar-refractivity contribution in [2.45, 2.75) is 31.6 Å². The van der Waals surface area contributed by atoms with Crippen LogP contribution in [-0.2, 0) is 4.79 Å². The number of carbonyl (C=O) groups is 1. The number of oxime groups is 1. The lowest BCUT2D eigenvalue weighted by Crippen LogP contribution is -2.31. The fourth-order valence-corrected chi connectivity index (χ4v) is 2.36. The SMILES string of the molecule is N/C(=N/O)c1cccc(NC(=O)C2CCC(F)(F)CC2)c1. The van der Waals surface area contributed by atoms with Crippen LogP contribution in [-0.4, -0.2) is 22.9 Å². The normalized spacial score (nSPS) is 19.2. The molecule has 1 aliphatic carbocycles. The molecule has 0 unspecified atom stereocenters. The van der Waals surface area contributed by atoms with Crippen LogP contribution in [0.4, 0.5) is 14.5 Å². The largest absolute Gasteiger partial charge is 0.409 e. The maximum Gasteiger partial charge on any atom is 0.248 e. The second-order valence-electron chi connectivity index (χ2n) is 5.19. The molecule has 4 N–H and O–H groups in total. The fraction of sp³-hybridized carbons (Fsp3) is 0.429.